The smallest absolute Gasteiger partial charge is 0.0949 e. The van der Waals surface area contributed by atoms with Crippen molar-refractivity contribution in [3.63, 3.8) is 0 Å². The third kappa shape index (κ3) is 2.70. The van der Waals surface area contributed by atoms with Crippen LogP contribution in [0.3, 0.4) is 0 Å². The van der Waals surface area contributed by atoms with Gasteiger partial charge in [-0.25, -0.2) is 9.97 Å². The van der Waals surface area contributed by atoms with Gasteiger partial charge in [0.05, 0.1) is 35.9 Å². The number of hydrogen-bond acceptors (Lipinski definition) is 5. The van der Waals surface area contributed by atoms with E-state index in [0.29, 0.717) is 19.1 Å². The van der Waals surface area contributed by atoms with Gasteiger partial charge in [0.2, 0.25) is 0 Å². The largest absolute Gasteiger partial charge is 0.374 e. The number of nitrogens with one attached hydrogen (secondary N) is 1. The lowest BCUT2D eigenvalue weighted by atomic mass is 10.0. The fourth-order valence-electron chi connectivity index (χ4n) is 2.53. The first-order valence-electron chi connectivity index (χ1n) is 6.43. The fraction of sp³-hybridized carbons (Fsp3) is 0.538. The van der Waals surface area contributed by atoms with Crippen molar-refractivity contribution < 1.29 is 4.74 Å². The minimum Gasteiger partial charge on any atom is -0.374 e. The Bertz CT molecular complexity index is 563. The molecule has 2 aromatic rings. The zero-order chi connectivity index (χ0) is 13.2. The normalized spacial score (nSPS) is 18.5. The Balaban J connectivity index is 1.60. The number of rotatable bonds is 4. The summed E-state index contributed by atoms with van der Waals surface area (Å²) >= 11 is 1.67. The molecule has 5 nitrogen and oxygen atoms in total. The summed E-state index contributed by atoms with van der Waals surface area (Å²) < 4.78 is 7.93. The van der Waals surface area contributed by atoms with E-state index in [0.717, 1.165) is 29.5 Å². The first kappa shape index (κ1) is 12.8. The first-order valence-corrected chi connectivity index (χ1v) is 7.31. The van der Waals surface area contributed by atoms with Crippen LogP contribution in [-0.4, -0.2) is 27.7 Å². The van der Waals surface area contributed by atoms with Crippen molar-refractivity contribution in [3.05, 3.63) is 33.8 Å². The van der Waals surface area contributed by atoms with Gasteiger partial charge in [0.15, 0.2) is 0 Å². The topological polar surface area (TPSA) is 52.0 Å². The molecule has 102 valence electrons. The predicted octanol–water partition coefficient (Wildman–Crippen LogP) is 1.59. The second kappa shape index (κ2) is 5.40. The van der Waals surface area contributed by atoms with Crippen LogP contribution in [0.1, 0.15) is 28.0 Å². The molecule has 1 unspecified atom stereocenters. The number of ether oxygens (including phenoxy) is 1. The van der Waals surface area contributed by atoms with Gasteiger partial charge in [0.25, 0.3) is 0 Å². The van der Waals surface area contributed by atoms with E-state index in [2.05, 4.69) is 25.2 Å². The fourth-order valence-corrected chi connectivity index (χ4v) is 3.12. The highest BCUT2D eigenvalue weighted by Gasteiger charge is 2.24. The number of aromatic nitrogens is 3. The minimum absolute atomic E-state index is 0.371. The average molecular weight is 278 g/mol. The highest BCUT2D eigenvalue weighted by atomic mass is 32.1. The lowest BCUT2D eigenvalue weighted by Gasteiger charge is -2.24. The molecular weight excluding hydrogens is 260 g/mol. The van der Waals surface area contributed by atoms with E-state index < -0.39 is 0 Å². The van der Waals surface area contributed by atoms with E-state index in [4.69, 9.17) is 4.74 Å². The minimum atomic E-state index is 0.371. The number of imidazole rings is 1. The highest BCUT2D eigenvalue weighted by Crippen LogP contribution is 2.23. The van der Waals surface area contributed by atoms with E-state index in [1.165, 1.54) is 5.69 Å². The van der Waals surface area contributed by atoms with Gasteiger partial charge >= 0.3 is 0 Å². The Morgan fingerprint density at radius 2 is 2.47 bits per heavy atom. The number of thiazole rings is 1. The summed E-state index contributed by atoms with van der Waals surface area (Å²) in [5.74, 6) is 0.371. The summed E-state index contributed by atoms with van der Waals surface area (Å²) in [7, 11) is 2.05. The molecular formula is C13H18N4OS. The van der Waals surface area contributed by atoms with Crippen LogP contribution in [0.15, 0.2) is 11.7 Å². The molecule has 1 aliphatic heterocycles. The summed E-state index contributed by atoms with van der Waals surface area (Å²) in [4.78, 5) is 8.82. The molecule has 1 N–H and O–H groups in total. The van der Waals surface area contributed by atoms with Crippen LogP contribution >= 0.6 is 11.3 Å². The first-order chi connectivity index (χ1) is 9.24. The summed E-state index contributed by atoms with van der Waals surface area (Å²) in [6.07, 6.45) is 1.88. The van der Waals surface area contributed by atoms with Crippen molar-refractivity contribution in [2.75, 3.05) is 13.2 Å². The number of fused-ring (bicyclic) bond motifs is 1. The predicted molar refractivity (Wildman–Crippen MR) is 74.2 cm³/mol. The van der Waals surface area contributed by atoms with Crippen LogP contribution < -0.4 is 5.32 Å². The molecule has 0 bridgehead atoms. The Morgan fingerprint density at radius 3 is 3.26 bits per heavy atom. The second-order valence-electron chi connectivity index (χ2n) is 4.89. The Morgan fingerprint density at radius 1 is 1.58 bits per heavy atom. The number of aryl methyl sites for hydroxylation is 2. The van der Waals surface area contributed by atoms with Crippen LogP contribution in [0.5, 0.6) is 0 Å². The highest BCUT2D eigenvalue weighted by molar-refractivity contribution is 7.09. The molecule has 0 radical (unpaired) electrons. The molecule has 2 aromatic heterocycles. The van der Waals surface area contributed by atoms with Gasteiger partial charge in [-0.1, -0.05) is 0 Å². The third-order valence-corrected chi connectivity index (χ3v) is 4.19. The molecule has 19 heavy (non-hydrogen) atoms. The van der Waals surface area contributed by atoms with Crippen LogP contribution in [0.4, 0.5) is 0 Å². The van der Waals surface area contributed by atoms with Gasteiger partial charge < -0.3 is 14.6 Å². The SMILES string of the molecule is Cc1nc(COCC2CNCc3ncn(C)c32)cs1. The zero-order valence-corrected chi connectivity index (χ0v) is 12.0. The van der Waals surface area contributed by atoms with Crippen molar-refractivity contribution in [1.29, 1.82) is 0 Å². The Hall–Kier alpha value is -1.24. The van der Waals surface area contributed by atoms with Crippen molar-refractivity contribution in [3.8, 4) is 0 Å². The summed E-state index contributed by atoms with van der Waals surface area (Å²) in [6.45, 7) is 5.12. The molecule has 0 amide bonds. The maximum Gasteiger partial charge on any atom is 0.0949 e. The monoisotopic (exact) mass is 278 g/mol. The Kier molecular flexibility index (Phi) is 3.63. The molecule has 1 aliphatic rings. The lowest BCUT2D eigenvalue weighted by molar-refractivity contribution is 0.101. The molecule has 3 rings (SSSR count). The van der Waals surface area contributed by atoms with Gasteiger partial charge in [-0.2, -0.15) is 0 Å². The number of nitrogens with zero attached hydrogens (tertiary/aromatic N) is 3. The number of hydrogen-bond donors (Lipinski definition) is 1. The summed E-state index contributed by atoms with van der Waals surface area (Å²) in [5, 5.41) is 6.54. The summed E-state index contributed by atoms with van der Waals surface area (Å²) in [5.41, 5.74) is 3.47. The molecule has 0 saturated carbocycles. The van der Waals surface area contributed by atoms with E-state index >= 15 is 0 Å². The van der Waals surface area contributed by atoms with Crippen LogP contribution in [0.2, 0.25) is 0 Å². The van der Waals surface area contributed by atoms with Crippen molar-refractivity contribution >= 4 is 11.3 Å². The van der Waals surface area contributed by atoms with E-state index in [9.17, 15) is 0 Å². The molecule has 3 heterocycles. The van der Waals surface area contributed by atoms with Gasteiger partial charge in [0, 0.05) is 37.1 Å². The van der Waals surface area contributed by atoms with Crippen molar-refractivity contribution in [1.82, 2.24) is 19.9 Å². The van der Waals surface area contributed by atoms with E-state index in [1.807, 2.05) is 20.3 Å². The van der Waals surface area contributed by atoms with Gasteiger partial charge in [0.1, 0.15) is 0 Å². The van der Waals surface area contributed by atoms with Crippen molar-refractivity contribution in [2.24, 2.45) is 7.05 Å². The lowest BCUT2D eigenvalue weighted by Crippen LogP contribution is -2.31. The molecule has 0 aliphatic carbocycles. The molecule has 1 atom stereocenters. The molecule has 0 saturated heterocycles. The quantitative estimate of drug-likeness (QED) is 0.923. The maximum absolute atomic E-state index is 5.82. The molecule has 0 spiro atoms. The Labute approximate surface area is 116 Å². The van der Waals surface area contributed by atoms with E-state index in [1.54, 1.807) is 11.3 Å². The van der Waals surface area contributed by atoms with Gasteiger partial charge in [-0.05, 0) is 6.92 Å². The van der Waals surface area contributed by atoms with E-state index in [-0.39, 0.29) is 0 Å². The van der Waals surface area contributed by atoms with Crippen LogP contribution in [-0.2, 0) is 24.9 Å². The van der Waals surface area contributed by atoms with Crippen LogP contribution in [0.25, 0.3) is 0 Å². The van der Waals surface area contributed by atoms with Crippen LogP contribution in [0, 0.1) is 6.92 Å². The molecule has 0 aromatic carbocycles. The zero-order valence-electron chi connectivity index (χ0n) is 11.2. The average Bonchev–Trinajstić information content (AvgIpc) is 2.97. The van der Waals surface area contributed by atoms with Crippen molar-refractivity contribution in [2.45, 2.75) is 26.0 Å². The van der Waals surface area contributed by atoms with Gasteiger partial charge in [-0.15, -0.1) is 11.3 Å². The maximum atomic E-state index is 5.82. The molecule has 6 heteroatoms. The van der Waals surface area contributed by atoms with Gasteiger partial charge in [-0.3, -0.25) is 0 Å². The third-order valence-electron chi connectivity index (χ3n) is 3.37. The summed E-state index contributed by atoms with van der Waals surface area (Å²) in [6, 6.07) is 0. The standard InChI is InChI=1S/C13H18N4OS/c1-9-16-11(7-19-9)6-18-5-10-3-14-4-12-13(10)17(2)8-15-12/h7-8,10,14H,3-6H2,1-2H3. The molecule has 0 fully saturated rings. The second-order valence-corrected chi connectivity index (χ2v) is 5.95.